The van der Waals surface area contributed by atoms with Crippen LogP contribution in [0.1, 0.15) is 29.2 Å². The molecule has 5 heteroatoms. The highest BCUT2D eigenvalue weighted by atomic mass is 32.2. The van der Waals surface area contributed by atoms with Gasteiger partial charge in [0.2, 0.25) is 5.16 Å². The maximum atomic E-state index is 4.46. The van der Waals surface area contributed by atoms with Crippen molar-refractivity contribution in [1.29, 1.82) is 0 Å². The van der Waals surface area contributed by atoms with Gasteiger partial charge in [0, 0.05) is 5.75 Å². The Hall–Kier alpha value is -2.40. The zero-order chi connectivity index (χ0) is 16.8. The van der Waals surface area contributed by atoms with Gasteiger partial charge < -0.3 is 0 Å². The van der Waals surface area contributed by atoms with Gasteiger partial charge in [-0.25, -0.2) is 0 Å². The normalized spacial score (nSPS) is 11.2. The lowest BCUT2D eigenvalue weighted by molar-refractivity contribution is 0.767. The second-order valence-electron chi connectivity index (χ2n) is 5.57. The van der Waals surface area contributed by atoms with Crippen LogP contribution in [0.15, 0.2) is 65.1 Å². The highest BCUT2D eigenvalue weighted by molar-refractivity contribution is 7.98. The van der Waals surface area contributed by atoms with Gasteiger partial charge in [-0.15, -0.1) is 10.2 Å². The van der Waals surface area contributed by atoms with Crippen LogP contribution in [-0.2, 0) is 12.2 Å². The van der Waals surface area contributed by atoms with Crippen molar-refractivity contribution in [3.8, 4) is 0 Å². The maximum Gasteiger partial charge on any atom is 0.212 e. The van der Waals surface area contributed by atoms with Crippen molar-refractivity contribution in [2.45, 2.75) is 31.2 Å². The minimum absolute atomic E-state index is 0.789. The molecule has 0 saturated heterocycles. The molecule has 24 heavy (non-hydrogen) atoms. The van der Waals surface area contributed by atoms with Crippen molar-refractivity contribution in [3.05, 3.63) is 77.1 Å². The lowest BCUT2D eigenvalue weighted by atomic mass is 10.1. The van der Waals surface area contributed by atoms with Gasteiger partial charge in [-0.05, 0) is 30.0 Å². The van der Waals surface area contributed by atoms with Gasteiger partial charge >= 0.3 is 0 Å². The third-order valence-electron chi connectivity index (χ3n) is 3.71. The molecule has 0 atom stereocenters. The highest BCUT2D eigenvalue weighted by Gasteiger charge is 2.04. The second-order valence-corrected chi connectivity index (χ2v) is 6.51. The average Bonchev–Trinajstić information content (AvgIpc) is 3.07. The second kappa shape index (κ2) is 7.93. The maximum absolute atomic E-state index is 4.46. The monoisotopic (exact) mass is 336 g/mol. The smallest absolute Gasteiger partial charge is 0.195 e. The third kappa shape index (κ3) is 4.32. The first-order chi connectivity index (χ1) is 11.7. The number of benzene rings is 2. The van der Waals surface area contributed by atoms with E-state index in [1.165, 1.54) is 16.7 Å². The topological polar surface area (TPSA) is 43.1 Å². The molecule has 4 nitrogen and oxygen atoms in total. The van der Waals surface area contributed by atoms with E-state index in [0.717, 1.165) is 22.9 Å². The van der Waals surface area contributed by atoms with E-state index in [0.29, 0.717) is 0 Å². The molecule has 0 amide bonds. The molecule has 3 aromatic rings. The lowest BCUT2D eigenvalue weighted by Crippen LogP contribution is -1.93. The van der Waals surface area contributed by atoms with E-state index in [1.54, 1.807) is 22.8 Å². The minimum atomic E-state index is 0.789. The van der Waals surface area contributed by atoms with Gasteiger partial charge in [0.1, 0.15) is 6.33 Å². The van der Waals surface area contributed by atoms with Crippen LogP contribution in [0.25, 0.3) is 0 Å². The fourth-order valence-corrected chi connectivity index (χ4v) is 3.01. The Bertz CT molecular complexity index is 804. The van der Waals surface area contributed by atoms with Gasteiger partial charge in [0.25, 0.3) is 0 Å². The number of hydrogen-bond donors (Lipinski definition) is 0. The van der Waals surface area contributed by atoms with Crippen LogP contribution in [0.3, 0.4) is 0 Å². The first-order valence-electron chi connectivity index (χ1n) is 7.96. The van der Waals surface area contributed by atoms with Crippen LogP contribution in [-0.4, -0.2) is 21.1 Å². The molecule has 0 aliphatic rings. The Kier molecular flexibility index (Phi) is 5.43. The standard InChI is InChI=1S/C19H20N4S/c1-3-16-8-10-17(11-9-16)12-21-23-14-20-22-19(23)24-13-18-6-4-15(2)5-7-18/h4-12,14H,3,13H2,1-2H3. The first-order valence-corrected chi connectivity index (χ1v) is 8.95. The fraction of sp³-hybridized carbons (Fsp3) is 0.211. The quantitative estimate of drug-likeness (QED) is 0.497. The summed E-state index contributed by atoms with van der Waals surface area (Å²) >= 11 is 1.63. The molecule has 0 N–H and O–H groups in total. The van der Waals surface area contributed by atoms with Gasteiger partial charge in [0.15, 0.2) is 0 Å². The largest absolute Gasteiger partial charge is 0.212 e. The molecule has 0 bridgehead atoms. The molecule has 0 fully saturated rings. The summed E-state index contributed by atoms with van der Waals surface area (Å²) in [5.41, 5.74) is 4.92. The van der Waals surface area contributed by atoms with Crippen LogP contribution in [0.5, 0.6) is 0 Å². The van der Waals surface area contributed by atoms with E-state index in [2.05, 4.69) is 77.7 Å². The van der Waals surface area contributed by atoms with Crippen molar-refractivity contribution >= 4 is 18.0 Å². The van der Waals surface area contributed by atoms with Crippen molar-refractivity contribution in [2.75, 3.05) is 0 Å². The van der Waals surface area contributed by atoms with E-state index >= 15 is 0 Å². The number of hydrogen-bond acceptors (Lipinski definition) is 4. The molecule has 2 aromatic carbocycles. The predicted molar refractivity (Wildman–Crippen MR) is 99.6 cm³/mol. The Morgan fingerprint density at radius 1 is 1.04 bits per heavy atom. The molecule has 0 unspecified atom stereocenters. The first kappa shape index (κ1) is 16.5. The average molecular weight is 336 g/mol. The molecule has 1 aromatic heterocycles. The number of rotatable bonds is 6. The third-order valence-corrected chi connectivity index (χ3v) is 4.71. The Balaban J connectivity index is 1.65. The molecule has 3 rings (SSSR count). The van der Waals surface area contributed by atoms with Gasteiger partial charge in [0.05, 0.1) is 6.21 Å². The van der Waals surface area contributed by atoms with Crippen LogP contribution in [0, 0.1) is 6.92 Å². The molecule has 0 radical (unpaired) electrons. The van der Waals surface area contributed by atoms with Crippen molar-refractivity contribution in [2.24, 2.45) is 5.10 Å². The van der Waals surface area contributed by atoms with E-state index in [4.69, 9.17) is 0 Å². The van der Waals surface area contributed by atoms with Crippen LogP contribution in [0.2, 0.25) is 0 Å². The summed E-state index contributed by atoms with van der Waals surface area (Å²) in [7, 11) is 0. The SMILES string of the molecule is CCc1ccc(C=Nn2cnnc2SCc2ccc(C)cc2)cc1. The molecule has 1 heterocycles. The Morgan fingerprint density at radius 3 is 2.46 bits per heavy atom. The van der Waals surface area contributed by atoms with Crippen molar-refractivity contribution in [1.82, 2.24) is 14.9 Å². The van der Waals surface area contributed by atoms with E-state index < -0.39 is 0 Å². The molecule has 0 spiro atoms. The van der Waals surface area contributed by atoms with E-state index in [1.807, 2.05) is 6.21 Å². The zero-order valence-electron chi connectivity index (χ0n) is 13.9. The summed E-state index contributed by atoms with van der Waals surface area (Å²) in [5.74, 6) is 0.847. The van der Waals surface area contributed by atoms with Crippen LogP contribution in [0.4, 0.5) is 0 Å². The van der Waals surface area contributed by atoms with Crippen molar-refractivity contribution < 1.29 is 0 Å². The lowest BCUT2D eigenvalue weighted by Gasteiger charge is -2.02. The van der Waals surface area contributed by atoms with Gasteiger partial charge in [-0.1, -0.05) is 72.8 Å². The summed E-state index contributed by atoms with van der Waals surface area (Å²) < 4.78 is 1.71. The van der Waals surface area contributed by atoms with Crippen LogP contribution >= 0.6 is 11.8 Å². The molecular weight excluding hydrogens is 316 g/mol. The van der Waals surface area contributed by atoms with E-state index in [9.17, 15) is 0 Å². The summed E-state index contributed by atoms with van der Waals surface area (Å²) in [4.78, 5) is 0. The highest BCUT2D eigenvalue weighted by Crippen LogP contribution is 2.20. The molecule has 0 aliphatic heterocycles. The number of aryl methyl sites for hydroxylation is 2. The number of thioether (sulfide) groups is 1. The molecule has 0 saturated carbocycles. The molecule has 0 aliphatic carbocycles. The Labute approximate surface area is 146 Å². The summed E-state index contributed by atoms with van der Waals surface area (Å²) in [5, 5.41) is 13.4. The summed E-state index contributed by atoms with van der Waals surface area (Å²) in [6, 6.07) is 16.9. The van der Waals surface area contributed by atoms with Crippen LogP contribution < -0.4 is 0 Å². The molecular formula is C19H20N4S. The van der Waals surface area contributed by atoms with E-state index in [-0.39, 0.29) is 0 Å². The predicted octanol–water partition coefficient (Wildman–Crippen LogP) is 4.32. The fourth-order valence-electron chi connectivity index (χ4n) is 2.19. The zero-order valence-corrected chi connectivity index (χ0v) is 14.7. The summed E-state index contributed by atoms with van der Waals surface area (Å²) in [6.07, 6.45) is 4.51. The minimum Gasteiger partial charge on any atom is -0.195 e. The van der Waals surface area contributed by atoms with Gasteiger partial charge in [-0.2, -0.15) is 9.78 Å². The van der Waals surface area contributed by atoms with Gasteiger partial charge in [-0.3, -0.25) is 0 Å². The summed E-state index contributed by atoms with van der Waals surface area (Å²) in [6.45, 7) is 4.24. The molecule has 122 valence electrons. The Morgan fingerprint density at radius 2 is 1.75 bits per heavy atom. The van der Waals surface area contributed by atoms with Crippen molar-refractivity contribution in [3.63, 3.8) is 0 Å². The number of aromatic nitrogens is 3. The number of nitrogens with zero attached hydrogens (tertiary/aromatic N) is 4.